The predicted octanol–water partition coefficient (Wildman–Crippen LogP) is 2.36. The van der Waals surface area contributed by atoms with Crippen molar-refractivity contribution in [2.75, 3.05) is 0 Å². The van der Waals surface area contributed by atoms with Gasteiger partial charge in [0, 0.05) is 10.0 Å². The summed E-state index contributed by atoms with van der Waals surface area (Å²) < 4.78 is 38.4. The van der Waals surface area contributed by atoms with E-state index >= 15 is 0 Å². The van der Waals surface area contributed by atoms with Crippen molar-refractivity contribution >= 4 is 15.9 Å². The Hall–Kier alpha value is -0.590. The Balaban J connectivity index is 3.08. The van der Waals surface area contributed by atoms with Crippen LogP contribution in [0.2, 0.25) is 0 Å². The van der Waals surface area contributed by atoms with Crippen molar-refractivity contribution in [1.29, 1.82) is 0 Å². The summed E-state index contributed by atoms with van der Waals surface area (Å²) in [6, 6.07) is 2.31. The molecule has 1 rings (SSSR count). The van der Waals surface area contributed by atoms with E-state index in [1.807, 2.05) is 5.43 Å². The Morgan fingerprint density at radius 3 is 2.50 bits per heavy atom. The topological polar surface area (TPSA) is 38.0 Å². The molecule has 1 aromatic carbocycles. The van der Waals surface area contributed by atoms with E-state index in [1.54, 1.807) is 0 Å². The number of rotatable bonds is 3. The molecule has 0 spiro atoms. The number of halogens is 4. The van der Waals surface area contributed by atoms with Gasteiger partial charge in [0.15, 0.2) is 0 Å². The second-order valence-corrected chi connectivity index (χ2v) is 3.56. The van der Waals surface area contributed by atoms with E-state index in [1.165, 1.54) is 12.1 Å². The first kappa shape index (κ1) is 11.5. The van der Waals surface area contributed by atoms with E-state index in [4.69, 9.17) is 5.84 Å². The molecular weight excluding hydrogens is 261 g/mol. The molecule has 0 aliphatic carbocycles. The van der Waals surface area contributed by atoms with Gasteiger partial charge in [-0.25, -0.2) is 18.6 Å². The van der Waals surface area contributed by atoms with Crippen LogP contribution in [0.4, 0.5) is 13.2 Å². The fraction of sp³-hybridized carbons (Fsp3) is 0.250. The van der Waals surface area contributed by atoms with Crippen molar-refractivity contribution < 1.29 is 13.2 Å². The number of hydrogen-bond donors (Lipinski definition) is 2. The van der Waals surface area contributed by atoms with Crippen molar-refractivity contribution in [2.24, 2.45) is 5.84 Å². The summed E-state index contributed by atoms with van der Waals surface area (Å²) in [7, 11) is 0. The summed E-state index contributed by atoms with van der Waals surface area (Å²) in [6.07, 6.45) is -2.76. The van der Waals surface area contributed by atoms with Gasteiger partial charge in [-0.3, -0.25) is 5.84 Å². The van der Waals surface area contributed by atoms with Gasteiger partial charge in [-0.2, -0.15) is 0 Å². The Morgan fingerprint density at radius 2 is 2.00 bits per heavy atom. The monoisotopic (exact) mass is 268 g/mol. The Kier molecular flexibility index (Phi) is 3.91. The van der Waals surface area contributed by atoms with E-state index in [0.717, 1.165) is 6.07 Å². The number of nitrogens with one attached hydrogen (secondary N) is 1. The van der Waals surface area contributed by atoms with Crippen LogP contribution in [0.3, 0.4) is 0 Å². The number of hydrogen-bond acceptors (Lipinski definition) is 2. The first-order valence-electron chi connectivity index (χ1n) is 3.75. The fourth-order valence-corrected chi connectivity index (χ4v) is 1.43. The van der Waals surface area contributed by atoms with Crippen LogP contribution in [0.25, 0.3) is 0 Å². The molecule has 78 valence electrons. The second-order valence-electron chi connectivity index (χ2n) is 2.64. The smallest absolute Gasteiger partial charge is 0.259 e. The molecule has 0 radical (unpaired) electrons. The zero-order chi connectivity index (χ0) is 10.7. The van der Waals surface area contributed by atoms with Gasteiger partial charge in [0.1, 0.15) is 11.9 Å². The van der Waals surface area contributed by atoms with Crippen molar-refractivity contribution in [2.45, 2.75) is 12.5 Å². The molecule has 0 bridgehead atoms. The van der Waals surface area contributed by atoms with Crippen LogP contribution in [0.15, 0.2) is 22.7 Å². The molecule has 1 aromatic rings. The average Bonchev–Trinajstić information content (AvgIpc) is 2.11. The van der Waals surface area contributed by atoms with E-state index in [9.17, 15) is 13.2 Å². The molecular formula is C8H8BrF3N2. The molecule has 0 aliphatic heterocycles. The zero-order valence-electron chi connectivity index (χ0n) is 6.98. The van der Waals surface area contributed by atoms with Crippen LogP contribution in [0.1, 0.15) is 11.6 Å². The van der Waals surface area contributed by atoms with E-state index in [2.05, 4.69) is 15.9 Å². The Labute approximate surface area is 87.4 Å². The van der Waals surface area contributed by atoms with Crippen molar-refractivity contribution in [3.8, 4) is 0 Å². The van der Waals surface area contributed by atoms with Gasteiger partial charge >= 0.3 is 0 Å². The lowest BCUT2D eigenvalue weighted by atomic mass is 10.1. The van der Waals surface area contributed by atoms with Gasteiger partial charge in [0.2, 0.25) is 0 Å². The lowest BCUT2D eigenvalue weighted by Gasteiger charge is -2.15. The summed E-state index contributed by atoms with van der Waals surface area (Å²) in [5, 5.41) is 0. The van der Waals surface area contributed by atoms with Gasteiger partial charge in [-0.15, -0.1) is 0 Å². The highest BCUT2D eigenvalue weighted by Crippen LogP contribution is 2.25. The fourth-order valence-electron chi connectivity index (χ4n) is 1.05. The van der Waals surface area contributed by atoms with Crippen molar-refractivity contribution in [3.05, 3.63) is 34.1 Å². The van der Waals surface area contributed by atoms with E-state index < -0.39 is 18.3 Å². The highest BCUT2D eigenvalue weighted by Gasteiger charge is 2.23. The number of alkyl halides is 2. The maximum atomic E-state index is 13.1. The highest BCUT2D eigenvalue weighted by molar-refractivity contribution is 9.10. The molecule has 0 aromatic heterocycles. The summed E-state index contributed by atoms with van der Waals surface area (Å²) in [6.45, 7) is 0. The number of hydrazine groups is 1. The van der Waals surface area contributed by atoms with E-state index in [-0.39, 0.29) is 5.56 Å². The lowest BCUT2D eigenvalue weighted by molar-refractivity contribution is 0.0968. The summed E-state index contributed by atoms with van der Waals surface area (Å²) in [5.74, 6) is 4.20. The minimum absolute atomic E-state index is 0.156. The maximum absolute atomic E-state index is 13.1. The zero-order valence-corrected chi connectivity index (χ0v) is 8.56. The molecule has 14 heavy (non-hydrogen) atoms. The quantitative estimate of drug-likeness (QED) is 0.653. The van der Waals surface area contributed by atoms with Gasteiger partial charge in [0.25, 0.3) is 6.43 Å². The molecule has 2 nitrogen and oxygen atoms in total. The SMILES string of the molecule is NNC(c1cc(Br)ccc1F)C(F)F. The van der Waals surface area contributed by atoms with Crippen molar-refractivity contribution in [1.82, 2.24) is 5.43 Å². The van der Waals surface area contributed by atoms with Crippen LogP contribution in [0.5, 0.6) is 0 Å². The van der Waals surface area contributed by atoms with Gasteiger partial charge in [-0.05, 0) is 18.2 Å². The lowest BCUT2D eigenvalue weighted by Crippen LogP contribution is -2.33. The van der Waals surface area contributed by atoms with Gasteiger partial charge in [-0.1, -0.05) is 15.9 Å². The van der Waals surface area contributed by atoms with Crippen LogP contribution >= 0.6 is 15.9 Å². The molecule has 3 N–H and O–H groups in total. The summed E-state index contributed by atoms with van der Waals surface area (Å²) in [4.78, 5) is 0. The molecule has 0 amide bonds. The van der Waals surface area contributed by atoms with E-state index in [0.29, 0.717) is 4.47 Å². The third-order valence-electron chi connectivity index (χ3n) is 1.72. The normalized spacial score (nSPS) is 13.3. The molecule has 0 saturated carbocycles. The summed E-state index contributed by atoms with van der Waals surface area (Å²) in [5.41, 5.74) is 1.72. The maximum Gasteiger partial charge on any atom is 0.259 e. The molecule has 0 heterocycles. The van der Waals surface area contributed by atoms with Crippen LogP contribution < -0.4 is 11.3 Å². The predicted molar refractivity (Wildman–Crippen MR) is 50.2 cm³/mol. The molecule has 1 unspecified atom stereocenters. The number of benzene rings is 1. The largest absolute Gasteiger partial charge is 0.271 e. The highest BCUT2D eigenvalue weighted by atomic mass is 79.9. The van der Waals surface area contributed by atoms with Gasteiger partial charge < -0.3 is 0 Å². The molecule has 0 fully saturated rings. The second kappa shape index (κ2) is 4.77. The summed E-state index contributed by atoms with van der Waals surface area (Å²) >= 11 is 3.06. The number of nitrogens with two attached hydrogens (primary N) is 1. The minimum Gasteiger partial charge on any atom is -0.271 e. The molecule has 6 heteroatoms. The Morgan fingerprint density at radius 1 is 1.36 bits per heavy atom. The molecule has 1 atom stereocenters. The van der Waals surface area contributed by atoms with Crippen LogP contribution in [-0.4, -0.2) is 6.43 Å². The van der Waals surface area contributed by atoms with Crippen LogP contribution in [-0.2, 0) is 0 Å². The first-order chi connectivity index (χ1) is 6.56. The van der Waals surface area contributed by atoms with Crippen molar-refractivity contribution in [3.63, 3.8) is 0 Å². The Bertz CT molecular complexity index is 319. The minimum atomic E-state index is -2.76. The standard InChI is InChI=1S/C8H8BrF3N2/c9-4-1-2-6(10)5(3-4)7(14-13)8(11)12/h1-3,7-8,14H,13H2. The third-order valence-corrected chi connectivity index (χ3v) is 2.22. The molecule has 0 aliphatic rings. The third kappa shape index (κ3) is 2.46. The van der Waals surface area contributed by atoms with Crippen LogP contribution in [0, 0.1) is 5.82 Å². The molecule has 0 saturated heterocycles. The van der Waals surface area contributed by atoms with Gasteiger partial charge in [0.05, 0.1) is 0 Å². The first-order valence-corrected chi connectivity index (χ1v) is 4.54. The average molecular weight is 269 g/mol.